The number of aromatic nitrogens is 4. The zero-order chi connectivity index (χ0) is 17.2. The highest BCUT2D eigenvalue weighted by Crippen LogP contribution is 2.23. The molecule has 2 aromatic heterocycles. The lowest BCUT2D eigenvalue weighted by atomic mass is 10.1. The van der Waals surface area contributed by atoms with Crippen LogP contribution in [0.25, 0.3) is 28.3 Å². The lowest BCUT2D eigenvalue weighted by molar-refractivity contribution is 0.415. The van der Waals surface area contributed by atoms with Crippen LogP contribution in [-0.4, -0.2) is 26.9 Å². The van der Waals surface area contributed by atoms with E-state index in [0.717, 1.165) is 22.6 Å². The molecule has 0 radical (unpaired) electrons. The molecular formula is C19H13N5O. The van der Waals surface area contributed by atoms with Gasteiger partial charge in [0.05, 0.1) is 24.4 Å². The third-order valence-electron chi connectivity index (χ3n) is 3.90. The minimum Gasteiger partial charge on any atom is -0.497 e. The van der Waals surface area contributed by atoms with Crippen LogP contribution in [0.1, 0.15) is 5.56 Å². The fourth-order valence-electron chi connectivity index (χ4n) is 2.61. The molecule has 0 saturated heterocycles. The summed E-state index contributed by atoms with van der Waals surface area (Å²) in [6.45, 7) is 0. The van der Waals surface area contributed by atoms with Crippen molar-refractivity contribution in [3.8, 4) is 34.5 Å². The number of ether oxygens (including phenoxy) is 1. The molecule has 120 valence electrons. The zero-order valence-electron chi connectivity index (χ0n) is 13.4. The molecule has 2 aromatic carbocycles. The van der Waals surface area contributed by atoms with Crippen molar-refractivity contribution in [2.45, 2.75) is 0 Å². The summed E-state index contributed by atoms with van der Waals surface area (Å²) in [6.07, 6.45) is 0. The van der Waals surface area contributed by atoms with E-state index in [-0.39, 0.29) is 0 Å². The highest BCUT2D eigenvalue weighted by atomic mass is 16.5. The van der Waals surface area contributed by atoms with Crippen molar-refractivity contribution < 1.29 is 4.74 Å². The van der Waals surface area contributed by atoms with Gasteiger partial charge in [-0.2, -0.15) is 14.9 Å². The fourth-order valence-corrected chi connectivity index (χ4v) is 2.61. The second-order valence-electron chi connectivity index (χ2n) is 5.43. The van der Waals surface area contributed by atoms with Gasteiger partial charge < -0.3 is 4.74 Å². The van der Waals surface area contributed by atoms with E-state index in [9.17, 15) is 0 Å². The predicted octanol–water partition coefficient (Wildman–Crippen LogP) is 3.34. The van der Waals surface area contributed by atoms with Gasteiger partial charge >= 0.3 is 0 Å². The van der Waals surface area contributed by atoms with E-state index in [1.54, 1.807) is 23.8 Å². The third-order valence-corrected chi connectivity index (χ3v) is 3.90. The van der Waals surface area contributed by atoms with E-state index in [1.807, 2.05) is 48.5 Å². The van der Waals surface area contributed by atoms with Crippen LogP contribution >= 0.6 is 0 Å². The van der Waals surface area contributed by atoms with E-state index in [0.29, 0.717) is 17.0 Å². The van der Waals surface area contributed by atoms with Crippen LogP contribution in [-0.2, 0) is 0 Å². The SMILES string of the molecule is COc1ccc(-c2ccc3nnc(-c4cccc(C#N)c4)n3n2)cc1. The van der Waals surface area contributed by atoms with Crippen molar-refractivity contribution in [3.63, 3.8) is 0 Å². The quantitative estimate of drug-likeness (QED) is 0.577. The van der Waals surface area contributed by atoms with Crippen molar-refractivity contribution in [2.75, 3.05) is 7.11 Å². The van der Waals surface area contributed by atoms with Gasteiger partial charge in [-0.25, -0.2) is 0 Å². The molecular weight excluding hydrogens is 314 g/mol. The Bertz CT molecular complexity index is 1090. The van der Waals surface area contributed by atoms with E-state index in [1.165, 1.54) is 0 Å². The van der Waals surface area contributed by atoms with Gasteiger partial charge in [-0.15, -0.1) is 10.2 Å². The summed E-state index contributed by atoms with van der Waals surface area (Å²) < 4.78 is 6.88. The Morgan fingerprint density at radius 3 is 2.56 bits per heavy atom. The van der Waals surface area contributed by atoms with Crippen LogP contribution in [0.4, 0.5) is 0 Å². The first-order valence-corrected chi connectivity index (χ1v) is 7.66. The molecule has 6 nitrogen and oxygen atoms in total. The van der Waals surface area contributed by atoms with Gasteiger partial charge in [0, 0.05) is 11.1 Å². The van der Waals surface area contributed by atoms with Crippen LogP contribution in [0, 0.1) is 11.3 Å². The van der Waals surface area contributed by atoms with Crippen LogP contribution in [0.15, 0.2) is 60.7 Å². The lowest BCUT2D eigenvalue weighted by Gasteiger charge is -2.05. The molecule has 6 heteroatoms. The Balaban J connectivity index is 1.83. The normalized spacial score (nSPS) is 10.6. The molecule has 0 saturated carbocycles. The minimum absolute atomic E-state index is 0.570. The molecule has 0 unspecified atom stereocenters. The summed E-state index contributed by atoms with van der Waals surface area (Å²) in [5.74, 6) is 1.39. The second-order valence-corrected chi connectivity index (χ2v) is 5.43. The maximum atomic E-state index is 9.09. The maximum absolute atomic E-state index is 9.09. The topological polar surface area (TPSA) is 76.1 Å². The predicted molar refractivity (Wildman–Crippen MR) is 92.9 cm³/mol. The molecule has 0 amide bonds. The van der Waals surface area contributed by atoms with Crippen LogP contribution < -0.4 is 4.74 Å². The Labute approximate surface area is 143 Å². The highest BCUT2D eigenvalue weighted by molar-refractivity contribution is 5.64. The van der Waals surface area contributed by atoms with E-state index in [2.05, 4.69) is 21.4 Å². The summed E-state index contributed by atoms with van der Waals surface area (Å²) in [5.41, 5.74) is 3.78. The number of methoxy groups -OCH3 is 1. The molecule has 0 aliphatic carbocycles. The number of nitrogens with zero attached hydrogens (tertiary/aromatic N) is 5. The van der Waals surface area contributed by atoms with Crippen LogP contribution in [0.5, 0.6) is 5.75 Å². The Morgan fingerprint density at radius 2 is 1.80 bits per heavy atom. The summed E-state index contributed by atoms with van der Waals surface area (Å²) >= 11 is 0. The third kappa shape index (κ3) is 2.68. The van der Waals surface area contributed by atoms with Crippen molar-refractivity contribution in [1.29, 1.82) is 5.26 Å². The standard InChI is InChI=1S/C19H13N5O/c1-25-16-7-5-14(6-8-16)17-9-10-18-21-22-19(24(18)23-17)15-4-2-3-13(11-15)12-20/h2-11H,1H3. The summed E-state index contributed by atoms with van der Waals surface area (Å²) in [5, 5.41) is 22.1. The van der Waals surface area contributed by atoms with Gasteiger partial charge in [0.2, 0.25) is 0 Å². The Morgan fingerprint density at radius 1 is 0.960 bits per heavy atom. The zero-order valence-corrected chi connectivity index (χ0v) is 13.4. The Hall–Kier alpha value is -3.72. The van der Waals surface area contributed by atoms with E-state index in [4.69, 9.17) is 10.00 Å². The average molecular weight is 327 g/mol. The first kappa shape index (κ1) is 14.8. The molecule has 0 N–H and O–H groups in total. The smallest absolute Gasteiger partial charge is 0.185 e. The largest absolute Gasteiger partial charge is 0.497 e. The van der Waals surface area contributed by atoms with E-state index >= 15 is 0 Å². The highest BCUT2D eigenvalue weighted by Gasteiger charge is 2.11. The molecule has 0 spiro atoms. The summed E-state index contributed by atoms with van der Waals surface area (Å²) in [6, 6.07) is 20.8. The number of hydrogen-bond acceptors (Lipinski definition) is 5. The van der Waals surface area contributed by atoms with Crippen molar-refractivity contribution in [2.24, 2.45) is 0 Å². The number of hydrogen-bond donors (Lipinski definition) is 0. The van der Waals surface area contributed by atoms with Crippen LogP contribution in [0.3, 0.4) is 0 Å². The molecule has 4 aromatic rings. The minimum atomic E-state index is 0.570. The number of nitriles is 1. The number of rotatable bonds is 3. The van der Waals surface area contributed by atoms with Crippen LogP contribution in [0.2, 0.25) is 0 Å². The van der Waals surface area contributed by atoms with Gasteiger partial charge in [-0.05, 0) is 48.5 Å². The lowest BCUT2D eigenvalue weighted by Crippen LogP contribution is -1.97. The molecule has 0 fully saturated rings. The average Bonchev–Trinajstić information content (AvgIpc) is 3.11. The second kappa shape index (κ2) is 6.06. The monoisotopic (exact) mass is 327 g/mol. The summed E-state index contributed by atoms with van der Waals surface area (Å²) in [7, 11) is 1.64. The maximum Gasteiger partial charge on any atom is 0.185 e. The molecule has 0 aliphatic heterocycles. The summed E-state index contributed by atoms with van der Waals surface area (Å²) in [4.78, 5) is 0. The van der Waals surface area contributed by atoms with Gasteiger partial charge in [0.15, 0.2) is 11.5 Å². The fraction of sp³-hybridized carbons (Fsp3) is 0.0526. The molecule has 4 rings (SSSR count). The van der Waals surface area contributed by atoms with Gasteiger partial charge in [-0.3, -0.25) is 0 Å². The molecule has 0 atom stereocenters. The first-order chi connectivity index (χ1) is 12.3. The van der Waals surface area contributed by atoms with Crippen molar-refractivity contribution >= 4 is 5.65 Å². The number of benzene rings is 2. The van der Waals surface area contributed by atoms with Crippen molar-refractivity contribution in [1.82, 2.24) is 19.8 Å². The molecule has 0 aliphatic rings. The van der Waals surface area contributed by atoms with Crippen molar-refractivity contribution in [3.05, 3.63) is 66.2 Å². The molecule has 2 heterocycles. The van der Waals surface area contributed by atoms with Gasteiger partial charge in [-0.1, -0.05) is 12.1 Å². The van der Waals surface area contributed by atoms with E-state index < -0.39 is 0 Å². The van der Waals surface area contributed by atoms with Gasteiger partial charge in [0.25, 0.3) is 0 Å². The van der Waals surface area contributed by atoms with Gasteiger partial charge in [0.1, 0.15) is 5.75 Å². The molecule has 0 bridgehead atoms. The Kier molecular flexibility index (Phi) is 3.60. The first-order valence-electron chi connectivity index (χ1n) is 7.66. The molecule has 25 heavy (non-hydrogen) atoms. The number of fused-ring (bicyclic) bond motifs is 1.